The lowest BCUT2D eigenvalue weighted by molar-refractivity contribution is 0.768. The molecule has 10 rings (SSSR count). The second kappa shape index (κ2) is 11.9. The zero-order chi connectivity index (χ0) is 33.8. The summed E-state index contributed by atoms with van der Waals surface area (Å²) in [5.74, 6) is 2.02. The summed E-state index contributed by atoms with van der Waals surface area (Å²) in [5, 5.41) is 2.28. The predicted molar refractivity (Wildman–Crippen MR) is 208 cm³/mol. The maximum Gasteiger partial charge on any atom is 0.164 e. The van der Waals surface area contributed by atoms with Crippen molar-refractivity contribution in [3.05, 3.63) is 203 Å². The minimum absolute atomic E-state index is 0.512. The molecule has 240 valence electrons. The Morgan fingerprint density at radius 2 is 1.06 bits per heavy atom. The predicted octanol–water partition coefficient (Wildman–Crippen LogP) is 11.3. The molecule has 0 bridgehead atoms. The van der Waals surface area contributed by atoms with E-state index in [0.29, 0.717) is 17.5 Å². The number of fused-ring (bicyclic) bond motifs is 5. The van der Waals surface area contributed by atoms with Gasteiger partial charge in [0.05, 0.1) is 5.41 Å². The molecule has 0 N–H and O–H groups in total. The maximum atomic E-state index is 5.30. The Balaban J connectivity index is 1.25. The standard InChI is InChI=1S/C48H33N3/c1-3-19-35(20-4-1)48(36-21-5-2-6-22-36)43-28-12-11-25-39(43)40-30-29-34(31-44(40)48)45-49-46(41-26-13-17-32-15-7-9-23-37(32)41)51-47(50-45)42-27-14-18-33-16-8-10-24-38(33)42/h1-7,9-15,17-31H,8,16H2. The molecule has 0 aliphatic heterocycles. The van der Waals surface area contributed by atoms with E-state index in [9.17, 15) is 0 Å². The first kappa shape index (κ1) is 29.5. The van der Waals surface area contributed by atoms with E-state index in [2.05, 4.69) is 176 Å². The van der Waals surface area contributed by atoms with Crippen LogP contribution >= 0.6 is 0 Å². The molecule has 0 radical (unpaired) electrons. The molecule has 0 atom stereocenters. The summed E-state index contributed by atoms with van der Waals surface area (Å²) in [4.78, 5) is 15.8. The monoisotopic (exact) mass is 651 g/mol. The molecule has 3 heteroatoms. The van der Waals surface area contributed by atoms with Gasteiger partial charge in [-0.3, -0.25) is 0 Å². The van der Waals surface area contributed by atoms with E-state index in [1.807, 2.05) is 0 Å². The minimum atomic E-state index is -0.512. The molecule has 51 heavy (non-hydrogen) atoms. The summed E-state index contributed by atoms with van der Waals surface area (Å²) >= 11 is 0. The number of hydrogen-bond donors (Lipinski definition) is 0. The third-order valence-electron chi connectivity index (χ3n) is 10.7. The summed E-state index contributed by atoms with van der Waals surface area (Å²) in [5.41, 5.74) is 12.5. The Labute approximate surface area is 297 Å². The van der Waals surface area contributed by atoms with Crippen LogP contribution < -0.4 is 0 Å². The van der Waals surface area contributed by atoms with Crippen molar-refractivity contribution in [3.63, 3.8) is 0 Å². The van der Waals surface area contributed by atoms with Crippen molar-refractivity contribution in [1.29, 1.82) is 0 Å². The van der Waals surface area contributed by atoms with Gasteiger partial charge in [0.25, 0.3) is 0 Å². The second-order valence-electron chi connectivity index (χ2n) is 13.4. The molecule has 1 aromatic heterocycles. The van der Waals surface area contributed by atoms with Crippen LogP contribution in [0.4, 0.5) is 0 Å². The number of aryl methyl sites for hydroxylation is 1. The Bertz CT molecular complexity index is 2590. The van der Waals surface area contributed by atoms with Crippen LogP contribution in [-0.4, -0.2) is 15.0 Å². The smallest absolute Gasteiger partial charge is 0.164 e. The lowest BCUT2D eigenvalue weighted by Gasteiger charge is -2.34. The average Bonchev–Trinajstić information content (AvgIpc) is 3.51. The Morgan fingerprint density at radius 3 is 1.88 bits per heavy atom. The van der Waals surface area contributed by atoms with E-state index in [0.717, 1.165) is 40.3 Å². The second-order valence-corrected chi connectivity index (χ2v) is 13.4. The summed E-state index contributed by atoms with van der Waals surface area (Å²) in [6.07, 6.45) is 6.54. The van der Waals surface area contributed by atoms with Gasteiger partial charge >= 0.3 is 0 Å². The summed E-state index contributed by atoms with van der Waals surface area (Å²) in [6.45, 7) is 0. The van der Waals surface area contributed by atoms with Crippen LogP contribution in [0.3, 0.4) is 0 Å². The first-order valence-corrected chi connectivity index (χ1v) is 17.7. The zero-order valence-electron chi connectivity index (χ0n) is 28.0. The molecule has 7 aromatic carbocycles. The average molecular weight is 652 g/mol. The largest absolute Gasteiger partial charge is 0.208 e. The van der Waals surface area contributed by atoms with Crippen LogP contribution in [0.25, 0.3) is 62.1 Å². The van der Waals surface area contributed by atoms with Gasteiger partial charge in [-0.2, -0.15) is 0 Å². The van der Waals surface area contributed by atoms with Gasteiger partial charge in [-0.15, -0.1) is 0 Å². The summed E-state index contributed by atoms with van der Waals surface area (Å²) in [7, 11) is 0. The van der Waals surface area contributed by atoms with Crippen LogP contribution in [0, 0.1) is 0 Å². The molecule has 2 aliphatic carbocycles. The summed E-state index contributed by atoms with van der Waals surface area (Å²) < 4.78 is 0. The molecular weight excluding hydrogens is 619 g/mol. The maximum absolute atomic E-state index is 5.30. The van der Waals surface area contributed by atoms with E-state index in [1.54, 1.807) is 0 Å². The van der Waals surface area contributed by atoms with Gasteiger partial charge < -0.3 is 0 Å². The molecular formula is C48H33N3. The normalized spacial score (nSPS) is 13.8. The molecule has 3 nitrogen and oxygen atoms in total. The van der Waals surface area contributed by atoms with Crippen molar-refractivity contribution in [1.82, 2.24) is 15.0 Å². The molecule has 0 saturated heterocycles. The molecule has 0 fully saturated rings. The van der Waals surface area contributed by atoms with E-state index >= 15 is 0 Å². The number of allylic oxidation sites excluding steroid dienone is 1. The highest BCUT2D eigenvalue weighted by atomic mass is 15.0. The first-order chi connectivity index (χ1) is 25.3. The van der Waals surface area contributed by atoms with Crippen molar-refractivity contribution in [2.24, 2.45) is 0 Å². The zero-order valence-corrected chi connectivity index (χ0v) is 28.0. The molecule has 0 spiro atoms. The fourth-order valence-corrected chi connectivity index (χ4v) is 8.41. The van der Waals surface area contributed by atoms with Crippen molar-refractivity contribution >= 4 is 16.8 Å². The van der Waals surface area contributed by atoms with Gasteiger partial charge in [0, 0.05) is 16.7 Å². The number of benzene rings is 7. The van der Waals surface area contributed by atoms with E-state index in [-0.39, 0.29) is 0 Å². The van der Waals surface area contributed by atoms with E-state index < -0.39 is 5.41 Å². The van der Waals surface area contributed by atoms with Crippen LogP contribution in [0.2, 0.25) is 0 Å². The van der Waals surface area contributed by atoms with Gasteiger partial charge in [0.1, 0.15) is 0 Å². The van der Waals surface area contributed by atoms with Gasteiger partial charge in [-0.25, -0.2) is 15.0 Å². The van der Waals surface area contributed by atoms with Crippen molar-refractivity contribution in [2.75, 3.05) is 0 Å². The van der Waals surface area contributed by atoms with Crippen molar-refractivity contribution < 1.29 is 0 Å². The van der Waals surface area contributed by atoms with Crippen LogP contribution in [0.1, 0.15) is 39.8 Å². The highest BCUT2D eigenvalue weighted by Gasteiger charge is 2.46. The Kier molecular flexibility index (Phi) is 6.85. The van der Waals surface area contributed by atoms with E-state index in [4.69, 9.17) is 15.0 Å². The first-order valence-electron chi connectivity index (χ1n) is 17.7. The van der Waals surface area contributed by atoms with Gasteiger partial charge in [0.15, 0.2) is 17.5 Å². The summed E-state index contributed by atoms with van der Waals surface area (Å²) in [6, 6.07) is 58.8. The fourth-order valence-electron chi connectivity index (χ4n) is 8.41. The molecule has 0 unspecified atom stereocenters. The van der Waals surface area contributed by atoms with Crippen LogP contribution in [-0.2, 0) is 11.8 Å². The third kappa shape index (κ3) is 4.62. The van der Waals surface area contributed by atoms with Crippen molar-refractivity contribution in [3.8, 4) is 45.3 Å². The molecule has 0 saturated carbocycles. The van der Waals surface area contributed by atoms with Gasteiger partial charge in [-0.05, 0) is 74.2 Å². The Hall–Kier alpha value is -6.45. The third-order valence-corrected chi connectivity index (χ3v) is 10.7. The minimum Gasteiger partial charge on any atom is -0.208 e. The molecule has 2 aliphatic rings. The quantitative estimate of drug-likeness (QED) is 0.186. The van der Waals surface area contributed by atoms with Crippen LogP contribution in [0.5, 0.6) is 0 Å². The van der Waals surface area contributed by atoms with Gasteiger partial charge in [-0.1, -0.05) is 170 Å². The number of hydrogen-bond acceptors (Lipinski definition) is 3. The highest BCUT2D eigenvalue weighted by Crippen LogP contribution is 2.56. The molecule has 1 heterocycles. The SMILES string of the molecule is C1=Cc2c(cccc2-c2nc(-c3ccc4c(c3)C(c3ccccc3)(c3ccccc3)c3ccccc3-4)nc(-c3cccc4ccccc34)n2)CC1. The lowest BCUT2D eigenvalue weighted by atomic mass is 9.67. The van der Waals surface area contributed by atoms with Crippen molar-refractivity contribution in [2.45, 2.75) is 18.3 Å². The highest BCUT2D eigenvalue weighted by molar-refractivity contribution is 5.95. The number of aromatic nitrogens is 3. The molecule has 8 aromatic rings. The topological polar surface area (TPSA) is 38.7 Å². The number of nitrogens with zero attached hydrogens (tertiary/aromatic N) is 3. The lowest BCUT2D eigenvalue weighted by Crippen LogP contribution is -2.28. The molecule has 0 amide bonds. The van der Waals surface area contributed by atoms with E-state index in [1.165, 1.54) is 44.5 Å². The fraction of sp³-hybridized carbons (Fsp3) is 0.0625. The van der Waals surface area contributed by atoms with Crippen LogP contribution in [0.15, 0.2) is 170 Å². The Morgan fingerprint density at radius 1 is 0.451 bits per heavy atom. The number of rotatable bonds is 5. The van der Waals surface area contributed by atoms with Gasteiger partial charge in [0.2, 0.25) is 0 Å².